The third-order valence-electron chi connectivity index (χ3n) is 3.53. The number of nitrogens with one attached hydrogen (secondary N) is 2. The van der Waals surface area contributed by atoms with Crippen LogP contribution in [0.1, 0.15) is 35.7 Å². The molecule has 1 saturated heterocycles. The zero-order valence-electron chi connectivity index (χ0n) is 11.4. The molecule has 116 valence electrons. The third kappa shape index (κ3) is 3.93. The van der Waals surface area contributed by atoms with Crippen molar-refractivity contribution in [3.8, 4) is 0 Å². The molecule has 0 aromatic heterocycles. The van der Waals surface area contributed by atoms with Crippen LogP contribution in [0.3, 0.4) is 0 Å². The minimum Gasteiger partial charge on any atom is -0.348 e. The van der Waals surface area contributed by atoms with Gasteiger partial charge >= 0.3 is 6.18 Å². The Kier molecular flexibility index (Phi) is 4.51. The number of halogens is 4. The van der Waals surface area contributed by atoms with Gasteiger partial charge in [0.2, 0.25) is 0 Å². The van der Waals surface area contributed by atoms with E-state index in [1.807, 2.05) is 6.92 Å². The lowest BCUT2D eigenvalue weighted by atomic mass is 10.0. The monoisotopic (exact) mass is 304 g/mol. The Morgan fingerprint density at radius 1 is 1.33 bits per heavy atom. The summed E-state index contributed by atoms with van der Waals surface area (Å²) in [6.07, 6.45) is -3.18. The fraction of sp³-hybridized carbons (Fsp3) is 0.500. The van der Waals surface area contributed by atoms with Gasteiger partial charge in [0.05, 0.1) is 5.56 Å². The highest BCUT2D eigenvalue weighted by molar-refractivity contribution is 5.94. The Morgan fingerprint density at radius 3 is 2.62 bits per heavy atom. The van der Waals surface area contributed by atoms with Crippen LogP contribution in [0.15, 0.2) is 18.2 Å². The summed E-state index contributed by atoms with van der Waals surface area (Å²) in [7, 11) is 0. The van der Waals surface area contributed by atoms with Crippen molar-refractivity contribution in [1.82, 2.24) is 10.6 Å². The summed E-state index contributed by atoms with van der Waals surface area (Å²) in [5, 5.41) is 5.84. The molecule has 0 saturated carbocycles. The maximum Gasteiger partial charge on any atom is 0.419 e. The van der Waals surface area contributed by atoms with Gasteiger partial charge in [-0.25, -0.2) is 4.39 Å². The van der Waals surface area contributed by atoms with Crippen molar-refractivity contribution < 1.29 is 22.4 Å². The number of rotatable bonds is 2. The van der Waals surface area contributed by atoms with Gasteiger partial charge in [-0.2, -0.15) is 13.2 Å². The van der Waals surface area contributed by atoms with Crippen LogP contribution in [0.5, 0.6) is 0 Å². The molecule has 21 heavy (non-hydrogen) atoms. The lowest BCUT2D eigenvalue weighted by Crippen LogP contribution is -2.48. The van der Waals surface area contributed by atoms with Gasteiger partial charge in [-0.05, 0) is 38.0 Å². The number of carbonyl (C=O) groups is 1. The minimum absolute atomic E-state index is 0.131. The van der Waals surface area contributed by atoms with E-state index in [2.05, 4.69) is 10.6 Å². The molecule has 7 heteroatoms. The zero-order chi connectivity index (χ0) is 15.6. The van der Waals surface area contributed by atoms with Crippen LogP contribution >= 0.6 is 0 Å². The van der Waals surface area contributed by atoms with Crippen molar-refractivity contribution in [3.05, 3.63) is 35.1 Å². The van der Waals surface area contributed by atoms with Gasteiger partial charge in [0.25, 0.3) is 5.91 Å². The van der Waals surface area contributed by atoms with Crippen LogP contribution < -0.4 is 10.6 Å². The van der Waals surface area contributed by atoms with Crippen LogP contribution in [0, 0.1) is 5.82 Å². The van der Waals surface area contributed by atoms with E-state index in [0.29, 0.717) is 24.7 Å². The minimum atomic E-state index is -4.82. The maximum absolute atomic E-state index is 13.2. The van der Waals surface area contributed by atoms with E-state index in [9.17, 15) is 22.4 Å². The number of hydrogen-bond donors (Lipinski definition) is 2. The van der Waals surface area contributed by atoms with Gasteiger partial charge in [-0.1, -0.05) is 0 Å². The van der Waals surface area contributed by atoms with Crippen molar-refractivity contribution >= 4 is 5.91 Å². The summed E-state index contributed by atoms with van der Waals surface area (Å²) >= 11 is 0. The summed E-state index contributed by atoms with van der Waals surface area (Å²) in [5.74, 6) is -2.01. The first-order chi connectivity index (χ1) is 9.77. The molecule has 2 unspecified atom stereocenters. The summed E-state index contributed by atoms with van der Waals surface area (Å²) in [6, 6.07) is 2.50. The average molecular weight is 304 g/mol. The molecule has 2 atom stereocenters. The molecule has 1 aromatic rings. The van der Waals surface area contributed by atoms with Gasteiger partial charge in [0, 0.05) is 24.2 Å². The molecular formula is C14H16F4N2O. The molecular weight excluding hydrogens is 288 g/mol. The maximum atomic E-state index is 13.2. The summed E-state index contributed by atoms with van der Waals surface area (Å²) in [5.41, 5.74) is -1.62. The first kappa shape index (κ1) is 15.8. The van der Waals surface area contributed by atoms with Crippen LogP contribution in [0.25, 0.3) is 0 Å². The highest BCUT2D eigenvalue weighted by atomic mass is 19.4. The lowest BCUT2D eigenvalue weighted by Gasteiger charge is -2.28. The van der Waals surface area contributed by atoms with Crippen molar-refractivity contribution in [2.24, 2.45) is 0 Å². The largest absolute Gasteiger partial charge is 0.419 e. The Morgan fingerprint density at radius 2 is 2.05 bits per heavy atom. The molecule has 0 aliphatic carbocycles. The van der Waals surface area contributed by atoms with Crippen molar-refractivity contribution in [3.63, 3.8) is 0 Å². The molecule has 1 aliphatic heterocycles. The molecule has 3 nitrogen and oxygen atoms in total. The second-order valence-corrected chi connectivity index (χ2v) is 5.25. The molecule has 0 radical (unpaired) electrons. The summed E-state index contributed by atoms with van der Waals surface area (Å²) in [6.45, 7) is 2.59. The van der Waals surface area contributed by atoms with E-state index in [1.165, 1.54) is 0 Å². The number of amides is 1. The van der Waals surface area contributed by atoms with E-state index < -0.39 is 23.5 Å². The number of alkyl halides is 3. The number of benzene rings is 1. The molecule has 1 aromatic carbocycles. The summed E-state index contributed by atoms with van der Waals surface area (Å²) in [4.78, 5) is 12.0. The van der Waals surface area contributed by atoms with Gasteiger partial charge < -0.3 is 10.6 Å². The first-order valence-corrected chi connectivity index (χ1v) is 6.68. The number of piperidine rings is 1. The predicted molar refractivity (Wildman–Crippen MR) is 69.4 cm³/mol. The standard InChI is InChI=1S/C14H16F4N2O/c1-8-2-4-10(7-19-8)20-13(21)9-3-5-12(15)11(6-9)14(16,17)18/h3,5-6,8,10,19H,2,4,7H2,1H3,(H,20,21). The van der Waals surface area contributed by atoms with Crippen molar-refractivity contribution in [1.29, 1.82) is 0 Å². The molecule has 2 rings (SSSR count). The molecule has 1 aliphatic rings. The fourth-order valence-corrected chi connectivity index (χ4v) is 2.27. The van der Waals surface area contributed by atoms with E-state index >= 15 is 0 Å². The van der Waals surface area contributed by atoms with Crippen LogP contribution in [-0.2, 0) is 6.18 Å². The van der Waals surface area contributed by atoms with Crippen LogP contribution in [0.4, 0.5) is 17.6 Å². The number of hydrogen-bond acceptors (Lipinski definition) is 2. The Bertz CT molecular complexity index is 522. The second kappa shape index (κ2) is 6.01. The normalized spacial score (nSPS) is 22.9. The van der Waals surface area contributed by atoms with Gasteiger partial charge in [-0.3, -0.25) is 4.79 Å². The number of carbonyl (C=O) groups excluding carboxylic acids is 1. The molecule has 1 heterocycles. The zero-order valence-corrected chi connectivity index (χ0v) is 11.4. The molecule has 1 fully saturated rings. The van der Waals surface area contributed by atoms with Gasteiger partial charge in [-0.15, -0.1) is 0 Å². The molecule has 2 N–H and O–H groups in total. The molecule has 1 amide bonds. The first-order valence-electron chi connectivity index (χ1n) is 6.68. The summed E-state index contributed by atoms with van der Waals surface area (Å²) < 4.78 is 51.0. The van der Waals surface area contributed by atoms with Crippen molar-refractivity contribution in [2.75, 3.05) is 6.54 Å². The van der Waals surface area contributed by atoms with Crippen LogP contribution in [-0.4, -0.2) is 24.5 Å². The van der Waals surface area contributed by atoms with E-state index in [4.69, 9.17) is 0 Å². The highest BCUT2D eigenvalue weighted by Gasteiger charge is 2.34. The van der Waals surface area contributed by atoms with Gasteiger partial charge in [0.15, 0.2) is 0 Å². The van der Waals surface area contributed by atoms with E-state index in [1.54, 1.807) is 0 Å². The molecule has 0 spiro atoms. The SMILES string of the molecule is CC1CCC(NC(=O)c2ccc(F)c(C(F)(F)F)c2)CN1. The fourth-order valence-electron chi connectivity index (χ4n) is 2.27. The predicted octanol–water partition coefficient (Wildman–Crippen LogP) is 2.71. The van der Waals surface area contributed by atoms with E-state index in [-0.39, 0.29) is 11.6 Å². The second-order valence-electron chi connectivity index (χ2n) is 5.25. The van der Waals surface area contributed by atoms with Crippen molar-refractivity contribution in [2.45, 2.75) is 38.0 Å². The Balaban J connectivity index is 2.09. The van der Waals surface area contributed by atoms with Gasteiger partial charge in [0.1, 0.15) is 5.82 Å². The average Bonchev–Trinajstić information content (AvgIpc) is 2.40. The highest BCUT2D eigenvalue weighted by Crippen LogP contribution is 2.31. The lowest BCUT2D eigenvalue weighted by molar-refractivity contribution is -0.140. The quantitative estimate of drug-likeness (QED) is 0.825. The molecule has 0 bridgehead atoms. The Hall–Kier alpha value is -1.63. The smallest absolute Gasteiger partial charge is 0.348 e. The third-order valence-corrected chi connectivity index (χ3v) is 3.53. The van der Waals surface area contributed by atoms with Crippen LogP contribution in [0.2, 0.25) is 0 Å². The Labute approximate surface area is 119 Å². The van der Waals surface area contributed by atoms with E-state index in [0.717, 1.165) is 18.9 Å². The topological polar surface area (TPSA) is 41.1 Å².